The lowest BCUT2D eigenvalue weighted by molar-refractivity contribution is 1.18. The Morgan fingerprint density at radius 1 is 0.778 bits per heavy atom. The molecule has 2 rings (SSSR count). The maximum atomic E-state index is 7.65. The van der Waals surface area contributed by atoms with E-state index in [-0.39, 0.29) is 11.7 Å². The smallest absolute Gasteiger partial charge is 0.193 e. The predicted molar refractivity (Wildman–Crippen MR) is 67.0 cm³/mol. The van der Waals surface area contributed by atoms with Gasteiger partial charge in [0, 0.05) is 12.4 Å². The molecule has 0 saturated heterocycles. The van der Waals surface area contributed by atoms with Gasteiger partial charge in [-0.15, -0.1) is 10.2 Å². The SMILES string of the molecule is N=C(/N=N\C(=N)c1ccccn1)c1ccccn1. The van der Waals surface area contributed by atoms with E-state index < -0.39 is 0 Å². The zero-order valence-corrected chi connectivity index (χ0v) is 9.41. The Morgan fingerprint density at radius 3 is 1.56 bits per heavy atom. The second kappa shape index (κ2) is 5.53. The van der Waals surface area contributed by atoms with Crippen molar-refractivity contribution in [1.82, 2.24) is 9.97 Å². The van der Waals surface area contributed by atoms with Crippen molar-refractivity contribution in [2.75, 3.05) is 0 Å². The van der Waals surface area contributed by atoms with Crippen molar-refractivity contribution in [1.29, 1.82) is 10.8 Å². The molecule has 2 aromatic heterocycles. The van der Waals surface area contributed by atoms with Gasteiger partial charge in [0.05, 0.1) is 0 Å². The number of hydrogen-bond donors (Lipinski definition) is 2. The summed E-state index contributed by atoms with van der Waals surface area (Å²) in [6.07, 6.45) is 3.15. The maximum Gasteiger partial charge on any atom is 0.193 e. The number of amidine groups is 2. The number of aromatic nitrogens is 2. The van der Waals surface area contributed by atoms with Crippen LogP contribution in [-0.2, 0) is 0 Å². The molecule has 88 valence electrons. The van der Waals surface area contributed by atoms with Crippen LogP contribution in [0.15, 0.2) is 59.0 Å². The molecule has 0 atom stereocenters. The first-order chi connectivity index (χ1) is 8.77. The molecule has 2 heterocycles. The average molecular weight is 238 g/mol. The zero-order valence-electron chi connectivity index (χ0n) is 9.41. The highest BCUT2D eigenvalue weighted by molar-refractivity contribution is 5.99. The summed E-state index contributed by atoms with van der Waals surface area (Å²) in [5.74, 6) is -0.174. The fourth-order valence-corrected chi connectivity index (χ4v) is 1.21. The lowest BCUT2D eigenvalue weighted by Crippen LogP contribution is -2.01. The molecule has 0 fully saturated rings. The number of rotatable bonds is 2. The van der Waals surface area contributed by atoms with Crippen molar-refractivity contribution in [3.8, 4) is 0 Å². The molecule has 0 amide bonds. The topological polar surface area (TPSA) is 98.2 Å². The van der Waals surface area contributed by atoms with Crippen LogP contribution >= 0.6 is 0 Å². The molecule has 0 aliphatic carbocycles. The molecule has 0 aliphatic rings. The Balaban J connectivity index is 2.08. The summed E-state index contributed by atoms with van der Waals surface area (Å²) in [5, 5.41) is 22.6. The van der Waals surface area contributed by atoms with Gasteiger partial charge in [0.25, 0.3) is 0 Å². The Morgan fingerprint density at radius 2 is 1.22 bits per heavy atom. The average Bonchev–Trinajstić information content (AvgIpc) is 2.46. The van der Waals surface area contributed by atoms with Crippen LogP contribution in [0.3, 0.4) is 0 Å². The van der Waals surface area contributed by atoms with Gasteiger partial charge < -0.3 is 0 Å². The first-order valence-electron chi connectivity index (χ1n) is 5.19. The molecule has 2 aromatic rings. The van der Waals surface area contributed by atoms with Crippen LogP contribution in [0, 0.1) is 10.8 Å². The van der Waals surface area contributed by atoms with Gasteiger partial charge in [0.1, 0.15) is 11.4 Å². The van der Waals surface area contributed by atoms with Gasteiger partial charge in [-0.3, -0.25) is 20.8 Å². The highest BCUT2D eigenvalue weighted by atomic mass is 15.2. The molecular weight excluding hydrogens is 228 g/mol. The van der Waals surface area contributed by atoms with Gasteiger partial charge in [-0.1, -0.05) is 12.1 Å². The van der Waals surface area contributed by atoms with Crippen molar-refractivity contribution >= 4 is 11.7 Å². The van der Waals surface area contributed by atoms with E-state index in [1.807, 2.05) is 0 Å². The number of nitrogens with zero attached hydrogens (tertiary/aromatic N) is 4. The van der Waals surface area contributed by atoms with Gasteiger partial charge in [0.2, 0.25) is 0 Å². The molecule has 0 saturated carbocycles. The Kier molecular flexibility index (Phi) is 3.60. The summed E-state index contributed by atoms with van der Waals surface area (Å²) in [7, 11) is 0. The first-order valence-corrected chi connectivity index (χ1v) is 5.19. The van der Waals surface area contributed by atoms with E-state index >= 15 is 0 Å². The van der Waals surface area contributed by atoms with Crippen molar-refractivity contribution in [2.24, 2.45) is 10.2 Å². The highest BCUT2D eigenvalue weighted by Gasteiger charge is 2.02. The van der Waals surface area contributed by atoms with Gasteiger partial charge in [-0.25, -0.2) is 0 Å². The van der Waals surface area contributed by atoms with E-state index in [1.165, 1.54) is 0 Å². The van der Waals surface area contributed by atoms with Crippen LogP contribution in [0.4, 0.5) is 0 Å². The van der Waals surface area contributed by atoms with E-state index in [2.05, 4.69) is 20.2 Å². The predicted octanol–water partition coefficient (Wildman–Crippen LogP) is 2.28. The largest absolute Gasteiger partial charge is 0.279 e. The Labute approximate surface area is 103 Å². The molecule has 0 bridgehead atoms. The normalized spacial score (nSPS) is 10.4. The van der Waals surface area contributed by atoms with Gasteiger partial charge >= 0.3 is 0 Å². The summed E-state index contributed by atoms with van der Waals surface area (Å²) in [4.78, 5) is 7.93. The van der Waals surface area contributed by atoms with Crippen molar-refractivity contribution < 1.29 is 0 Å². The fourth-order valence-electron chi connectivity index (χ4n) is 1.21. The van der Waals surface area contributed by atoms with Crippen LogP contribution in [0.1, 0.15) is 11.4 Å². The van der Waals surface area contributed by atoms with E-state index in [1.54, 1.807) is 48.8 Å². The fraction of sp³-hybridized carbons (Fsp3) is 0. The summed E-state index contributed by atoms with van der Waals surface area (Å²) in [6.45, 7) is 0. The maximum absolute atomic E-state index is 7.65. The number of nitrogens with one attached hydrogen (secondary N) is 2. The Bertz CT molecular complexity index is 523. The summed E-state index contributed by atoms with van der Waals surface area (Å²) in [5.41, 5.74) is 0.824. The van der Waals surface area contributed by atoms with Crippen LogP contribution in [0.2, 0.25) is 0 Å². The zero-order chi connectivity index (χ0) is 12.8. The standard InChI is InChI=1S/C12H10N6/c13-11(9-5-1-3-7-15-9)17-18-12(14)10-6-2-4-8-16-10/h1-8,13-14H/b13-11?,14-12?,18-17-. The van der Waals surface area contributed by atoms with Crippen molar-refractivity contribution in [3.63, 3.8) is 0 Å². The molecule has 0 spiro atoms. The van der Waals surface area contributed by atoms with Gasteiger partial charge in [0.15, 0.2) is 11.7 Å². The number of azo groups is 1. The molecule has 6 nitrogen and oxygen atoms in total. The van der Waals surface area contributed by atoms with E-state index in [0.29, 0.717) is 11.4 Å². The van der Waals surface area contributed by atoms with E-state index in [0.717, 1.165) is 0 Å². The van der Waals surface area contributed by atoms with Crippen LogP contribution in [0.25, 0.3) is 0 Å². The lowest BCUT2D eigenvalue weighted by atomic mass is 10.3. The van der Waals surface area contributed by atoms with Gasteiger partial charge in [-0.05, 0) is 24.3 Å². The third kappa shape index (κ3) is 2.88. The molecule has 0 radical (unpaired) electrons. The number of pyridine rings is 2. The second-order valence-electron chi connectivity index (χ2n) is 3.33. The molecule has 2 N–H and O–H groups in total. The van der Waals surface area contributed by atoms with Gasteiger partial charge in [-0.2, -0.15) is 0 Å². The highest BCUT2D eigenvalue weighted by Crippen LogP contribution is 2.00. The minimum absolute atomic E-state index is 0.0868. The van der Waals surface area contributed by atoms with E-state index in [9.17, 15) is 0 Å². The van der Waals surface area contributed by atoms with Crippen LogP contribution < -0.4 is 0 Å². The number of hydrogen-bond acceptors (Lipinski definition) is 4. The monoisotopic (exact) mass is 238 g/mol. The van der Waals surface area contributed by atoms with Crippen LogP contribution in [-0.4, -0.2) is 21.6 Å². The molecule has 0 unspecified atom stereocenters. The summed E-state index contributed by atoms with van der Waals surface area (Å²) in [6, 6.07) is 10.3. The molecule has 6 heteroatoms. The Hall–Kier alpha value is -2.76. The quantitative estimate of drug-likeness (QED) is 0.476. The van der Waals surface area contributed by atoms with Crippen LogP contribution in [0.5, 0.6) is 0 Å². The minimum Gasteiger partial charge on any atom is -0.279 e. The van der Waals surface area contributed by atoms with E-state index in [4.69, 9.17) is 10.8 Å². The minimum atomic E-state index is -0.0868. The first kappa shape index (κ1) is 11.7. The second-order valence-corrected chi connectivity index (χ2v) is 3.33. The third-order valence-corrected chi connectivity index (χ3v) is 2.07. The molecule has 0 aliphatic heterocycles. The van der Waals surface area contributed by atoms with Crippen molar-refractivity contribution in [2.45, 2.75) is 0 Å². The lowest BCUT2D eigenvalue weighted by Gasteiger charge is -1.96. The van der Waals surface area contributed by atoms with Crippen molar-refractivity contribution in [3.05, 3.63) is 60.2 Å². The molecular formula is C12H10N6. The summed E-state index contributed by atoms with van der Waals surface area (Å²) >= 11 is 0. The molecule has 18 heavy (non-hydrogen) atoms. The molecule has 0 aromatic carbocycles. The summed E-state index contributed by atoms with van der Waals surface area (Å²) < 4.78 is 0. The third-order valence-electron chi connectivity index (χ3n) is 2.07.